The standard InChI is InChI=1S/C48H74Si2/c1-10-11-30-49(8,9)44-33-45(41-25-19-18-24-40(41)44)50(36-20-14-12-15-21-36,37-22-16-13-17-23-37)46-42-31-34(47(2,3)4)26-28-38(42)39-29-27-35(32-43(39)46)48(5,6)7/h10,12-17,20-23,34-35,38-46H,1,11,18-19,24-33H2,2-9H3. The van der Waals surface area contributed by atoms with Crippen LogP contribution in [-0.4, -0.2) is 16.1 Å². The topological polar surface area (TPSA) is 0 Å². The molecule has 0 nitrogen and oxygen atoms in total. The predicted octanol–water partition coefficient (Wildman–Crippen LogP) is 13.0. The van der Waals surface area contributed by atoms with Gasteiger partial charge in [0.15, 0.2) is 0 Å². The molecular formula is C48H74Si2. The van der Waals surface area contributed by atoms with Gasteiger partial charge in [-0.2, -0.15) is 0 Å². The molecule has 7 rings (SSSR count). The Hall–Kier alpha value is -1.39. The van der Waals surface area contributed by atoms with Crippen LogP contribution >= 0.6 is 0 Å². The fourth-order valence-electron chi connectivity index (χ4n) is 14.5. The minimum atomic E-state index is -2.33. The van der Waals surface area contributed by atoms with Crippen molar-refractivity contribution in [1.29, 1.82) is 0 Å². The molecule has 5 aliphatic rings. The van der Waals surface area contributed by atoms with E-state index in [0.29, 0.717) is 10.8 Å². The van der Waals surface area contributed by atoms with E-state index in [2.05, 4.69) is 128 Å². The number of benzene rings is 2. The maximum absolute atomic E-state index is 4.21. The number of hydrogen-bond acceptors (Lipinski definition) is 0. The maximum atomic E-state index is 4.21. The Morgan fingerprint density at radius 2 is 1.04 bits per heavy atom. The molecule has 10 unspecified atom stereocenters. The lowest BCUT2D eigenvalue weighted by molar-refractivity contribution is 0.0722. The Morgan fingerprint density at radius 1 is 0.580 bits per heavy atom. The molecule has 5 saturated carbocycles. The largest absolute Gasteiger partial charge is 0.124 e. The second-order valence-corrected chi connectivity index (χ2v) is 30.9. The molecule has 10 atom stereocenters. The fourth-order valence-corrected chi connectivity index (χ4v) is 26.3. The van der Waals surface area contributed by atoms with Gasteiger partial charge in [0.25, 0.3) is 0 Å². The Kier molecular flexibility index (Phi) is 10.4. The summed E-state index contributed by atoms with van der Waals surface area (Å²) in [6.45, 7) is 25.3. The summed E-state index contributed by atoms with van der Waals surface area (Å²) in [6.07, 6.45) is 19.8. The van der Waals surface area contributed by atoms with Crippen LogP contribution in [0.3, 0.4) is 0 Å². The number of rotatable bonds is 8. The first-order chi connectivity index (χ1) is 23.8. The van der Waals surface area contributed by atoms with Crippen molar-refractivity contribution in [3.8, 4) is 0 Å². The highest BCUT2D eigenvalue weighted by atomic mass is 28.3. The van der Waals surface area contributed by atoms with Crippen molar-refractivity contribution in [2.75, 3.05) is 0 Å². The third-order valence-corrected chi connectivity index (χ3v) is 27.4. The second-order valence-electron chi connectivity index (χ2n) is 21.4. The van der Waals surface area contributed by atoms with Gasteiger partial charge in [0, 0.05) is 0 Å². The molecule has 2 heteroatoms. The number of hydrogen-bond donors (Lipinski definition) is 0. The van der Waals surface area contributed by atoms with Gasteiger partial charge in [-0.05, 0) is 120 Å². The molecule has 50 heavy (non-hydrogen) atoms. The lowest BCUT2D eigenvalue weighted by Gasteiger charge is -2.53. The summed E-state index contributed by atoms with van der Waals surface area (Å²) in [5.41, 5.74) is 3.49. The van der Waals surface area contributed by atoms with Gasteiger partial charge < -0.3 is 0 Å². The van der Waals surface area contributed by atoms with E-state index in [1.54, 1.807) is 0 Å². The molecule has 2 aromatic carbocycles. The van der Waals surface area contributed by atoms with Crippen molar-refractivity contribution in [2.45, 2.75) is 154 Å². The minimum absolute atomic E-state index is 0.397. The first-order valence-electron chi connectivity index (χ1n) is 21.5. The first kappa shape index (κ1) is 37.0. The van der Waals surface area contributed by atoms with Crippen molar-refractivity contribution in [3.63, 3.8) is 0 Å². The molecule has 0 radical (unpaired) electrons. The smallest absolute Gasteiger partial charge is 0.103 e. The monoisotopic (exact) mass is 707 g/mol. The Balaban J connectivity index is 1.47. The van der Waals surface area contributed by atoms with E-state index in [9.17, 15) is 0 Å². The quantitative estimate of drug-likeness (QED) is 0.189. The molecule has 5 fully saturated rings. The molecule has 0 aromatic heterocycles. The van der Waals surface area contributed by atoms with E-state index >= 15 is 0 Å². The second kappa shape index (κ2) is 14.1. The SMILES string of the molecule is C=CCC[Si](C)(C)C1CC([Si](c2ccccc2)(c2ccccc2)C2C3CC(C(C)(C)C)CCC3C3CCC(C(C)(C)C)CC32)C2CCCCC21. The van der Waals surface area contributed by atoms with E-state index in [0.717, 1.165) is 64.0 Å². The highest BCUT2D eigenvalue weighted by molar-refractivity contribution is 7.04. The lowest BCUT2D eigenvalue weighted by Crippen LogP contribution is -2.67. The summed E-state index contributed by atoms with van der Waals surface area (Å²) in [7, 11) is -3.78. The lowest BCUT2D eigenvalue weighted by atomic mass is 9.62. The van der Waals surface area contributed by atoms with Crippen LogP contribution in [0.1, 0.15) is 119 Å². The Morgan fingerprint density at radius 3 is 1.48 bits per heavy atom. The molecule has 0 aliphatic heterocycles. The van der Waals surface area contributed by atoms with Gasteiger partial charge in [-0.1, -0.05) is 170 Å². The zero-order valence-electron chi connectivity index (χ0n) is 33.6. The molecule has 0 heterocycles. The third-order valence-electron chi connectivity index (χ3n) is 16.9. The zero-order valence-corrected chi connectivity index (χ0v) is 35.6. The summed E-state index contributed by atoms with van der Waals surface area (Å²) in [4.78, 5) is 0. The average molecular weight is 707 g/mol. The van der Waals surface area contributed by atoms with Gasteiger partial charge in [-0.15, -0.1) is 6.58 Å². The van der Waals surface area contributed by atoms with Crippen LogP contribution in [0.4, 0.5) is 0 Å². The van der Waals surface area contributed by atoms with E-state index in [1.165, 1.54) is 83.1 Å². The van der Waals surface area contributed by atoms with Crippen LogP contribution in [0.2, 0.25) is 35.8 Å². The van der Waals surface area contributed by atoms with Gasteiger partial charge in [-0.3, -0.25) is 0 Å². The normalized spacial score (nSPS) is 36.4. The van der Waals surface area contributed by atoms with Crippen LogP contribution in [0, 0.1) is 58.2 Å². The van der Waals surface area contributed by atoms with E-state index < -0.39 is 16.1 Å². The molecular weight excluding hydrogens is 633 g/mol. The molecule has 2 aromatic rings. The molecule has 0 bridgehead atoms. The predicted molar refractivity (Wildman–Crippen MR) is 224 cm³/mol. The van der Waals surface area contributed by atoms with Crippen LogP contribution in [0.15, 0.2) is 73.3 Å². The van der Waals surface area contributed by atoms with Crippen LogP contribution < -0.4 is 10.4 Å². The highest BCUT2D eigenvalue weighted by Gasteiger charge is 2.67. The molecule has 0 spiro atoms. The van der Waals surface area contributed by atoms with E-state index in [4.69, 9.17) is 0 Å². The highest BCUT2D eigenvalue weighted by Crippen LogP contribution is 2.71. The zero-order chi connectivity index (χ0) is 35.5. The Bertz CT molecular complexity index is 1350. The van der Waals surface area contributed by atoms with E-state index in [-0.39, 0.29) is 0 Å². The molecule has 0 N–H and O–H groups in total. The summed E-state index contributed by atoms with van der Waals surface area (Å²) in [5.74, 6) is 7.25. The summed E-state index contributed by atoms with van der Waals surface area (Å²) in [6, 6.07) is 26.7. The molecule has 5 aliphatic carbocycles. The number of allylic oxidation sites excluding steroid dienone is 1. The molecule has 0 amide bonds. The van der Waals surface area contributed by atoms with Gasteiger partial charge >= 0.3 is 0 Å². The van der Waals surface area contributed by atoms with Crippen molar-refractivity contribution >= 4 is 26.5 Å². The first-order valence-corrected chi connectivity index (χ1v) is 26.9. The van der Waals surface area contributed by atoms with Gasteiger partial charge in [-0.25, -0.2) is 0 Å². The van der Waals surface area contributed by atoms with Gasteiger partial charge in [0.1, 0.15) is 8.07 Å². The average Bonchev–Trinajstić information content (AvgIpc) is 3.65. The van der Waals surface area contributed by atoms with Crippen LogP contribution in [0.5, 0.6) is 0 Å². The summed E-state index contributed by atoms with van der Waals surface area (Å²) in [5, 5.41) is 3.65. The van der Waals surface area contributed by atoms with E-state index in [1.807, 2.05) is 10.4 Å². The van der Waals surface area contributed by atoms with Crippen molar-refractivity contribution < 1.29 is 0 Å². The van der Waals surface area contributed by atoms with Crippen molar-refractivity contribution in [3.05, 3.63) is 73.3 Å². The van der Waals surface area contributed by atoms with Gasteiger partial charge in [0.05, 0.1) is 8.07 Å². The summed E-state index contributed by atoms with van der Waals surface area (Å²) < 4.78 is 0. The van der Waals surface area contributed by atoms with Crippen molar-refractivity contribution in [2.24, 2.45) is 58.2 Å². The molecule has 0 saturated heterocycles. The van der Waals surface area contributed by atoms with Gasteiger partial charge in [0.2, 0.25) is 0 Å². The Labute approximate surface area is 311 Å². The minimum Gasteiger partial charge on any atom is -0.103 e. The van der Waals surface area contributed by atoms with Crippen LogP contribution in [0.25, 0.3) is 0 Å². The van der Waals surface area contributed by atoms with Crippen molar-refractivity contribution in [1.82, 2.24) is 0 Å². The fraction of sp³-hybridized carbons (Fsp3) is 0.708. The number of fused-ring (bicyclic) bond motifs is 4. The summed E-state index contributed by atoms with van der Waals surface area (Å²) >= 11 is 0. The molecule has 274 valence electrons. The third kappa shape index (κ3) is 6.45. The maximum Gasteiger partial charge on any atom is 0.124 e. The van der Waals surface area contributed by atoms with Crippen LogP contribution in [-0.2, 0) is 0 Å².